The molecule has 0 atom stereocenters. The van der Waals surface area contributed by atoms with Crippen molar-refractivity contribution in [1.29, 1.82) is 0 Å². The topological polar surface area (TPSA) is 54.5 Å². The maximum Gasteiger partial charge on any atom is 0.388 e. The lowest BCUT2D eigenvalue weighted by Gasteiger charge is -2.35. The number of hydrogen-bond acceptors (Lipinski definition) is 4. The number of piperidine rings is 1. The zero-order valence-corrected chi connectivity index (χ0v) is 16.7. The van der Waals surface area contributed by atoms with Gasteiger partial charge in [0.05, 0.1) is 11.3 Å². The van der Waals surface area contributed by atoms with Gasteiger partial charge in [-0.3, -0.25) is 4.79 Å². The van der Waals surface area contributed by atoms with Crippen molar-refractivity contribution in [3.63, 3.8) is 0 Å². The lowest BCUT2D eigenvalue weighted by Crippen LogP contribution is -2.35. The van der Waals surface area contributed by atoms with Gasteiger partial charge in [0, 0.05) is 23.6 Å². The number of benzene rings is 1. The fourth-order valence-electron chi connectivity index (χ4n) is 3.68. The van der Waals surface area contributed by atoms with Crippen LogP contribution >= 0.6 is 15.9 Å². The molecule has 148 valence electrons. The molecule has 1 aliphatic heterocycles. The van der Waals surface area contributed by atoms with Crippen LogP contribution < -0.4 is 15.0 Å². The maximum atomic E-state index is 12.9. The van der Waals surface area contributed by atoms with Gasteiger partial charge in [0.2, 0.25) is 5.88 Å². The van der Waals surface area contributed by atoms with E-state index in [9.17, 15) is 13.6 Å². The van der Waals surface area contributed by atoms with Crippen LogP contribution in [0, 0.1) is 5.41 Å². The van der Waals surface area contributed by atoms with Crippen molar-refractivity contribution in [1.82, 2.24) is 4.98 Å². The smallest absolute Gasteiger partial charge is 0.388 e. The van der Waals surface area contributed by atoms with Gasteiger partial charge in [0.25, 0.3) is 5.91 Å². The summed E-state index contributed by atoms with van der Waals surface area (Å²) in [6.07, 6.45) is 4.93. The third-order valence-corrected chi connectivity index (χ3v) is 5.99. The van der Waals surface area contributed by atoms with Gasteiger partial charge >= 0.3 is 6.61 Å². The van der Waals surface area contributed by atoms with Gasteiger partial charge in [-0.2, -0.15) is 13.8 Å². The average molecular weight is 452 g/mol. The van der Waals surface area contributed by atoms with E-state index in [1.807, 2.05) is 12.1 Å². The Bertz CT molecular complexity index is 880. The van der Waals surface area contributed by atoms with Crippen molar-refractivity contribution in [3.8, 4) is 5.88 Å². The van der Waals surface area contributed by atoms with Crippen molar-refractivity contribution in [3.05, 3.63) is 46.4 Å². The first kappa shape index (κ1) is 19.1. The number of amides is 1. The minimum Gasteiger partial charge on any atom is -0.417 e. The number of nitrogens with zero attached hydrogens (tertiary/aromatic N) is 2. The van der Waals surface area contributed by atoms with Crippen LogP contribution in [0.1, 0.15) is 36.0 Å². The fraction of sp³-hybridized carbons (Fsp3) is 0.400. The Morgan fingerprint density at radius 1 is 1.18 bits per heavy atom. The molecular formula is C20H20BrF2N3O2. The molecule has 2 heterocycles. The number of carbonyl (C=O) groups excluding carboxylic acids is 1. The molecule has 5 nitrogen and oxygen atoms in total. The first-order chi connectivity index (χ1) is 13.4. The molecule has 28 heavy (non-hydrogen) atoms. The van der Waals surface area contributed by atoms with Crippen LogP contribution in [0.2, 0.25) is 0 Å². The van der Waals surface area contributed by atoms with Crippen LogP contribution in [-0.4, -0.2) is 30.6 Å². The Hall–Kier alpha value is -2.22. The highest BCUT2D eigenvalue weighted by Crippen LogP contribution is 2.54. The molecule has 0 unspecified atom stereocenters. The standard InChI is InChI=1S/C20H20BrF2N3O2/c21-13-4-5-14(15(12-13)26-10-8-20(6-7-20)9-11-26)18(27)25-16-2-1-3-17(24-16)28-19(22)23/h1-5,12,19H,6-11H2,(H,24,25,27). The molecule has 2 aromatic rings. The fourth-order valence-corrected chi connectivity index (χ4v) is 4.03. The first-order valence-corrected chi connectivity index (χ1v) is 10.0. The largest absolute Gasteiger partial charge is 0.417 e. The predicted molar refractivity (Wildman–Crippen MR) is 106 cm³/mol. The molecule has 1 N–H and O–H groups in total. The molecule has 1 saturated carbocycles. The second-order valence-corrected chi connectivity index (χ2v) is 8.26. The number of anilines is 2. The average Bonchev–Trinajstić information content (AvgIpc) is 3.41. The molecule has 1 aromatic heterocycles. The number of nitrogens with one attached hydrogen (secondary N) is 1. The number of carbonyl (C=O) groups is 1. The number of alkyl halides is 2. The number of hydrogen-bond donors (Lipinski definition) is 1. The van der Waals surface area contributed by atoms with E-state index in [2.05, 4.69) is 35.9 Å². The van der Waals surface area contributed by atoms with Crippen molar-refractivity contribution < 1.29 is 18.3 Å². The van der Waals surface area contributed by atoms with Gasteiger partial charge in [0.15, 0.2) is 0 Å². The molecule has 0 bridgehead atoms. The Balaban J connectivity index is 1.53. The van der Waals surface area contributed by atoms with E-state index in [0.29, 0.717) is 11.0 Å². The summed E-state index contributed by atoms with van der Waals surface area (Å²) >= 11 is 3.49. The van der Waals surface area contributed by atoms with E-state index < -0.39 is 6.61 Å². The second-order valence-electron chi connectivity index (χ2n) is 7.34. The Labute approximate surface area is 170 Å². The van der Waals surface area contributed by atoms with E-state index in [4.69, 9.17) is 0 Å². The van der Waals surface area contributed by atoms with Gasteiger partial charge in [-0.15, -0.1) is 0 Å². The summed E-state index contributed by atoms with van der Waals surface area (Å²) in [6, 6.07) is 9.87. The van der Waals surface area contributed by atoms with Crippen LogP contribution in [0.3, 0.4) is 0 Å². The summed E-state index contributed by atoms with van der Waals surface area (Å²) in [5.41, 5.74) is 1.93. The maximum absolute atomic E-state index is 12.9. The molecular weight excluding hydrogens is 432 g/mol. The monoisotopic (exact) mass is 451 g/mol. The van der Waals surface area contributed by atoms with Gasteiger partial charge in [0.1, 0.15) is 5.82 Å². The zero-order chi connectivity index (χ0) is 19.7. The van der Waals surface area contributed by atoms with Gasteiger partial charge < -0.3 is 15.0 Å². The first-order valence-electron chi connectivity index (χ1n) is 9.22. The van der Waals surface area contributed by atoms with Crippen molar-refractivity contribution in [2.24, 2.45) is 5.41 Å². The summed E-state index contributed by atoms with van der Waals surface area (Å²) in [4.78, 5) is 19.0. The van der Waals surface area contributed by atoms with E-state index in [0.717, 1.165) is 36.1 Å². The number of ether oxygens (including phenoxy) is 1. The van der Waals surface area contributed by atoms with E-state index in [1.54, 1.807) is 6.07 Å². The molecule has 2 fully saturated rings. The van der Waals surface area contributed by atoms with E-state index in [1.165, 1.54) is 31.0 Å². The summed E-state index contributed by atoms with van der Waals surface area (Å²) in [7, 11) is 0. The second kappa shape index (κ2) is 7.66. The van der Waals surface area contributed by atoms with Crippen molar-refractivity contribution >= 4 is 33.3 Å². The number of halogens is 3. The molecule has 1 spiro atoms. The Morgan fingerprint density at radius 3 is 2.61 bits per heavy atom. The van der Waals surface area contributed by atoms with E-state index in [-0.39, 0.29) is 17.6 Å². The molecule has 2 aliphatic rings. The highest BCUT2D eigenvalue weighted by molar-refractivity contribution is 9.10. The van der Waals surface area contributed by atoms with E-state index >= 15 is 0 Å². The molecule has 1 aromatic carbocycles. The molecule has 8 heteroatoms. The van der Waals surface area contributed by atoms with Crippen LogP contribution in [0.25, 0.3) is 0 Å². The van der Waals surface area contributed by atoms with Crippen molar-refractivity contribution in [2.75, 3.05) is 23.3 Å². The van der Waals surface area contributed by atoms with Crippen LogP contribution in [0.4, 0.5) is 20.3 Å². The van der Waals surface area contributed by atoms with Gasteiger partial charge in [-0.05, 0) is 55.4 Å². The van der Waals surface area contributed by atoms with Crippen molar-refractivity contribution in [2.45, 2.75) is 32.3 Å². The molecule has 4 rings (SSSR count). The van der Waals surface area contributed by atoms with Crippen LogP contribution in [-0.2, 0) is 0 Å². The number of pyridine rings is 1. The SMILES string of the molecule is O=C(Nc1cccc(OC(F)F)n1)c1ccc(Br)cc1N1CCC2(CC1)CC2. The summed E-state index contributed by atoms with van der Waals surface area (Å²) < 4.78 is 29.9. The number of aromatic nitrogens is 1. The molecule has 1 aliphatic carbocycles. The summed E-state index contributed by atoms with van der Waals surface area (Å²) in [5, 5.41) is 2.68. The third-order valence-electron chi connectivity index (χ3n) is 5.50. The third kappa shape index (κ3) is 4.27. The highest BCUT2D eigenvalue weighted by atomic mass is 79.9. The number of rotatable bonds is 5. The normalized spacial score (nSPS) is 17.6. The van der Waals surface area contributed by atoms with Crippen LogP contribution in [0.15, 0.2) is 40.9 Å². The Kier molecular flexibility index (Phi) is 5.23. The molecule has 1 amide bonds. The minimum absolute atomic E-state index is 0.160. The molecule has 1 saturated heterocycles. The molecule has 0 radical (unpaired) electrons. The quantitative estimate of drug-likeness (QED) is 0.688. The van der Waals surface area contributed by atoms with Crippen LogP contribution in [0.5, 0.6) is 5.88 Å². The van der Waals surface area contributed by atoms with Gasteiger partial charge in [-0.25, -0.2) is 0 Å². The lowest BCUT2D eigenvalue weighted by molar-refractivity contribution is -0.0527. The lowest BCUT2D eigenvalue weighted by atomic mass is 9.93. The zero-order valence-electron chi connectivity index (χ0n) is 15.1. The minimum atomic E-state index is -2.97. The highest BCUT2D eigenvalue weighted by Gasteiger charge is 2.44. The van der Waals surface area contributed by atoms with Gasteiger partial charge in [-0.1, -0.05) is 22.0 Å². The summed E-state index contributed by atoms with van der Waals surface area (Å²) in [5.74, 6) is -0.418. The summed E-state index contributed by atoms with van der Waals surface area (Å²) in [6.45, 7) is -1.12. The predicted octanol–water partition coefficient (Wildman–Crippen LogP) is 5.08. The Morgan fingerprint density at radius 2 is 1.93 bits per heavy atom.